The predicted octanol–water partition coefficient (Wildman–Crippen LogP) is 2.80. The van der Waals surface area contributed by atoms with E-state index in [0.29, 0.717) is 6.42 Å². The zero-order chi connectivity index (χ0) is 16.6. The molecule has 1 aromatic rings. The number of hydrogen-bond donors (Lipinski definition) is 1. The van der Waals surface area contributed by atoms with Crippen LogP contribution in [0.15, 0.2) is 30.3 Å². The molecular formula is C18H23NO4. The number of carbonyl (C=O) groups excluding carboxylic acids is 1. The fourth-order valence-corrected chi connectivity index (χ4v) is 5.03. The Balaban J connectivity index is 2.13. The standard InChI is InChI=1S/C18H23NO4/c1-12-14-9-5-6-10-18(14,21)15(11-20)16(17(12)19(22)23)13-7-3-2-4-8-13/h2-4,7-8,11-12,14-17,21H,5-6,9-10H2,1H3/t12-,14-,15+,16+,17-,18-/m0/s1. The summed E-state index contributed by atoms with van der Waals surface area (Å²) in [6.45, 7) is 1.87. The lowest BCUT2D eigenvalue weighted by Crippen LogP contribution is -2.62. The molecule has 2 aliphatic rings. The Labute approximate surface area is 135 Å². The van der Waals surface area contributed by atoms with Crippen molar-refractivity contribution in [3.05, 3.63) is 46.0 Å². The van der Waals surface area contributed by atoms with Crippen molar-refractivity contribution in [3.8, 4) is 0 Å². The maximum atomic E-state index is 11.9. The van der Waals surface area contributed by atoms with E-state index in [1.807, 2.05) is 37.3 Å². The average Bonchev–Trinajstić information content (AvgIpc) is 2.54. The van der Waals surface area contributed by atoms with Gasteiger partial charge in [-0.1, -0.05) is 50.1 Å². The summed E-state index contributed by atoms with van der Waals surface area (Å²) in [6.07, 6.45) is 3.91. The van der Waals surface area contributed by atoms with Gasteiger partial charge in [0.15, 0.2) is 0 Å². The van der Waals surface area contributed by atoms with Gasteiger partial charge in [-0.3, -0.25) is 10.1 Å². The highest BCUT2D eigenvalue weighted by Gasteiger charge is 2.61. The van der Waals surface area contributed by atoms with E-state index in [2.05, 4.69) is 0 Å². The van der Waals surface area contributed by atoms with Crippen LogP contribution in [0.25, 0.3) is 0 Å². The Morgan fingerprint density at radius 2 is 2.00 bits per heavy atom. The average molecular weight is 317 g/mol. The molecule has 0 aliphatic heterocycles. The molecule has 0 heterocycles. The molecule has 0 bridgehead atoms. The van der Waals surface area contributed by atoms with Gasteiger partial charge in [0.1, 0.15) is 6.29 Å². The molecule has 0 unspecified atom stereocenters. The molecule has 0 spiro atoms. The van der Waals surface area contributed by atoms with E-state index in [-0.39, 0.29) is 16.8 Å². The van der Waals surface area contributed by atoms with Gasteiger partial charge in [-0.2, -0.15) is 0 Å². The van der Waals surface area contributed by atoms with Crippen LogP contribution >= 0.6 is 0 Å². The van der Waals surface area contributed by atoms with E-state index in [4.69, 9.17) is 0 Å². The maximum absolute atomic E-state index is 11.9. The first-order chi connectivity index (χ1) is 11.0. The number of aliphatic hydroxyl groups is 1. The van der Waals surface area contributed by atoms with Gasteiger partial charge in [0, 0.05) is 10.8 Å². The molecule has 124 valence electrons. The molecule has 1 N–H and O–H groups in total. The topological polar surface area (TPSA) is 80.4 Å². The second kappa shape index (κ2) is 6.04. The third kappa shape index (κ3) is 2.47. The molecule has 5 nitrogen and oxygen atoms in total. The van der Waals surface area contributed by atoms with Gasteiger partial charge in [0.25, 0.3) is 0 Å². The van der Waals surface area contributed by atoms with E-state index in [9.17, 15) is 20.0 Å². The molecule has 0 radical (unpaired) electrons. The van der Waals surface area contributed by atoms with Gasteiger partial charge >= 0.3 is 0 Å². The molecule has 2 fully saturated rings. The molecule has 0 saturated heterocycles. The first kappa shape index (κ1) is 16.1. The van der Waals surface area contributed by atoms with Gasteiger partial charge in [-0.05, 0) is 24.3 Å². The smallest absolute Gasteiger partial charge is 0.223 e. The van der Waals surface area contributed by atoms with Crippen LogP contribution in [0.2, 0.25) is 0 Å². The van der Waals surface area contributed by atoms with Crippen molar-refractivity contribution in [2.24, 2.45) is 17.8 Å². The summed E-state index contributed by atoms with van der Waals surface area (Å²) < 4.78 is 0. The van der Waals surface area contributed by atoms with Crippen LogP contribution in [0.5, 0.6) is 0 Å². The summed E-state index contributed by atoms with van der Waals surface area (Å²) in [4.78, 5) is 23.4. The van der Waals surface area contributed by atoms with Gasteiger partial charge in [0.05, 0.1) is 17.4 Å². The van der Waals surface area contributed by atoms with Crippen LogP contribution in [0.3, 0.4) is 0 Å². The second-order valence-electron chi connectivity index (χ2n) is 7.08. The number of fused-ring (bicyclic) bond motifs is 1. The Bertz CT molecular complexity index is 590. The minimum Gasteiger partial charge on any atom is -0.389 e. The van der Waals surface area contributed by atoms with Crippen LogP contribution in [0.1, 0.15) is 44.1 Å². The minimum atomic E-state index is -1.12. The number of nitro groups is 1. The van der Waals surface area contributed by atoms with Gasteiger partial charge in [-0.25, -0.2) is 0 Å². The Kier molecular flexibility index (Phi) is 4.23. The molecule has 0 aromatic heterocycles. The van der Waals surface area contributed by atoms with Crippen LogP contribution in [-0.4, -0.2) is 28.0 Å². The van der Waals surface area contributed by atoms with Gasteiger partial charge in [0.2, 0.25) is 6.04 Å². The van der Waals surface area contributed by atoms with Crippen molar-refractivity contribution in [1.82, 2.24) is 0 Å². The zero-order valence-electron chi connectivity index (χ0n) is 13.3. The molecule has 6 atom stereocenters. The molecule has 2 aliphatic carbocycles. The monoisotopic (exact) mass is 317 g/mol. The largest absolute Gasteiger partial charge is 0.389 e. The van der Waals surface area contributed by atoms with Crippen molar-refractivity contribution in [2.45, 2.75) is 50.2 Å². The summed E-state index contributed by atoms with van der Waals surface area (Å²) in [5.74, 6) is -1.72. The van der Waals surface area contributed by atoms with Crippen molar-refractivity contribution in [3.63, 3.8) is 0 Å². The molecule has 0 amide bonds. The fraction of sp³-hybridized carbons (Fsp3) is 0.611. The first-order valence-corrected chi connectivity index (χ1v) is 8.37. The summed E-state index contributed by atoms with van der Waals surface area (Å²) in [6, 6.07) is 8.33. The Morgan fingerprint density at radius 1 is 1.30 bits per heavy atom. The third-order valence-corrected chi connectivity index (χ3v) is 6.06. The van der Waals surface area contributed by atoms with E-state index in [0.717, 1.165) is 31.1 Å². The van der Waals surface area contributed by atoms with Crippen LogP contribution in [0, 0.1) is 27.9 Å². The third-order valence-electron chi connectivity index (χ3n) is 6.06. The number of hydrogen-bond acceptors (Lipinski definition) is 4. The predicted molar refractivity (Wildman–Crippen MR) is 85.6 cm³/mol. The highest BCUT2D eigenvalue weighted by Crippen LogP contribution is 2.54. The SMILES string of the molecule is C[C@@H]1[C@H]([N+](=O)[O-])[C@H](c2ccccc2)[C@@H](C=O)[C@]2(O)CCCC[C@@H]12. The van der Waals surface area contributed by atoms with Crippen molar-refractivity contribution >= 4 is 6.29 Å². The molecule has 5 heteroatoms. The van der Waals surface area contributed by atoms with Crippen LogP contribution in [-0.2, 0) is 4.79 Å². The normalized spacial score (nSPS) is 40.2. The van der Waals surface area contributed by atoms with Crippen molar-refractivity contribution in [1.29, 1.82) is 0 Å². The lowest BCUT2D eigenvalue weighted by atomic mass is 9.52. The lowest BCUT2D eigenvalue weighted by Gasteiger charge is -2.53. The minimum absolute atomic E-state index is 0.179. The lowest BCUT2D eigenvalue weighted by molar-refractivity contribution is -0.546. The molecule has 2 saturated carbocycles. The van der Waals surface area contributed by atoms with E-state index in [1.165, 1.54) is 0 Å². The Morgan fingerprint density at radius 3 is 2.61 bits per heavy atom. The quantitative estimate of drug-likeness (QED) is 0.528. The zero-order valence-corrected chi connectivity index (χ0v) is 13.3. The van der Waals surface area contributed by atoms with Crippen molar-refractivity contribution < 1.29 is 14.8 Å². The first-order valence-electron chi connectivity index (χ1n) is 8.37. The van der Waals surface area contributed by atoms with E-state index in [1.54, 1.807) is 0 Å². The fourth-order valence-electron chi connectivity index (χ4n) is 5.03. The van der Waals surface area contributed by atoms with E-state index >= 15 is 0 Å². The molecular weight excluding hydrogens is 294 g/mol. The Hall–Kier alpha value is -1.75. The summed E-state index contributed by atoms with van der Waals surface area (Å²) in [7, 11) is 0. The van der Waals surface area contributed by atoms with Crippen molar-refractivity contribution in [2.75, 3.05) is 0 Å². The van der Waals surface area contributed by atoms with Crippen LogP contribution in [0.4, 0.5) is 0 Å². The summed E-state index contributed by atoms with van der Waals surface area (Å²) in [5, 5.41) is 23.1. The number of benzene rings is 1. The molecule has 1 aromatic carbocycles. The highest BCUT2D eigenvalue weighted by atomic mass is 16.6. The number of carbonyl (C=O) groups is 1. The van der Waals surface area contributed by atoms with Gasteiger partial charge < -0.3 is 9.90 Å². The highest BCUT2D eigenvalue weighted by molar-refractivity contribution is 5.60. The summed E-state index contributed by atoms with van der Waals surface area (Å²) >= 11 is 0. The number of nitrogens with zero attached hydrogens (tertiary/aromatic N) is 1. The molecule has 3 rings (SSSR count). The number of aldehydes is 1. The maximum Gasteiger partial charge on any atom is 0.223 e. The second-order valence-corrected chi connectivity index (χ2v) is 7.08. The summed E-state index contributed by atoms with van der Waals surface area (Å²) in [5.41, 5.74) is -0.345. The molecule has 23 heavy (non-hydrogen) atoms. The van der Waals surface area contributed by atoms with E-state index < -0.39 is 23.5 Å². The number of rotatable bonds is 3. The van der Waals surface area contributed by atoms with Crippen LogP contribution < -0.4 is 0 Å². The van der Waals surface area contributed by atoms with Gasteiger partial charge in [-0.15, -0.1) is 0 Å².